The maximum absolute atomic E-state index is 5.99. The quantitative estimate of drug-likeness (QED) is 0.863. The lowest BCUT2D eigenvalue weighted by atomic mass is 10.0. The molecule has 0 heterocycles. The lowest BCUT2D eigenvalue weighted by Crippen LogP contribution is -2.09. The molecule has 0 aromatic heterocycles. The molecule has 2 N–H and O–H groups in total. The molecule has 0 aliphatic carbocycles. The van der Waals surface area contributed by atoms with E-state index in [2.05, 4.69) is 50.9 Å². The zero-order chi connectivity index (χ0) is 9.84. The molecule has 80 valence electrons. The minimum atomic E-state index is 0. The van der Waals surface area contributed by atoms with Crippen molar-refractivity contribution < 1.29 is 0 Å². The van der Waals surface area contributed by atoms with E-state index in [0.29, 0.717) is 0 Å². The fourth-order valence-electron chi connectivity index (χ4n) is 1.22. The zero-order valence-corrected chi connectivity index (χ0v) is 12.0. The van der Waals surface area contributed by atoms with Crippen molar-refractivity contribution in [3.05, 3.63) is 32.7 Å². The minimum Gasteiger partial charge on any atom is -0.324 e. The third kappa shape index (κ3) is 3.89. The van der Waals surface area contributed by atoms with E-state index >= 15 is 0 Å². The first-order valence-electron chi connectivity index (χ1n) is 4.35. The standard InChI is InChI=1S/C10H13Br2N.ClH/c1-2-3-10(13)7-4-5-8(11)9(12)6-7;/h4-6,10H,2-3,13H2,1H3;1H/t10-;/m1./s1. The monoisotopic (exact) mass is 341 g/mol. The van der Waals surface area contributed by atoms with Gasteiger partial charge in [-0.1, -0.05) is 19.4 Å². The molecular weight excluding hydrogens is 329 g/mol. The van der Waals surface area contributed by atoms with E-state index in [4.69, 9.17) is 5.73 Å². The summed E-state index contributed by atoms with van der Waals surface area (Å²) in [6.45, 7) is 2.15. The van der Waals surface area contributed by atoms with Crippen LogP contribution in [0.25, 0.3) is 0 Å². The van der Waals surface area contributed by atoms with Gasteiger partial charge in [-0.05, 0) is 56.0 Å². The molecule has 0 aliphatic heterocycles. The summed E-state index contributed by atoms with van der Waals surface area (Å²) in [5.41, 5.74) is 7.18. The highest BCUT2D eigenvalue weighted by Crippen LogP contribution is 2.26. The van der Waals surface area contributed by atoms with E-state index in [-0.39, 0.29) is 18.4 Å². The van der Waals surface area contributed by atoms with Crippen molar-refractivity contribution in [2.24, 2.45) is 5.73 Å². The molecule has 0 unspecified atom stereocenters. The Bertz CT molecular complexity index is 291. The highest BCUT2D eigenvalue weighted by Gasteiger charge is 2.06. The van der Waals surface area contributed by atoms with Crippen molar-refractivity contribution >= 4 is 44.3 Å². The van der Waals surface area contributed by atoms with Crippen molar-refractivity contribution in [3.8, 4) is 0 Å². The van der Waals surface area contributed by atoms with Crippen molar-refractivity contribution in [3.63, 3.8) is 0 Å². The van der Waals surface area contributed by atoms with Crippen LogP contribution in [0.4, 0.5) is 0 Å². The Labute approximate surface area is 108 Å². The van der Waals surface area contributed by atoms with E-state index in [1.165, 1.54) is 5.56 Å². The topological polar surface area (TPSA) is 26.0 Å². The van der Waals surface area contributed by atoms with E-state index in [1.54, 1.807) is 0 Å². The summed E-state index contributed by atoms with van der Waals surface area (Å²) in [5, 5.41) is 0. The van der Waals surface area contributed by atoms with Gasteiger partial charge >= 0.3 is 0 Å². The SMILES string of the molecule is CCC[C@@H](N)c1ccc(Br)c(Br)c1.Cl. The maximum Gasteiger partial charge on any atom is 0.0320 e. The molecule has 1 atom stereocenters. The van der Waals surface area contributed by atoms with Crippen LogP contribution in [0.15, 0.2) is 27.1 Å². The average Bonchev–Trinajstić information content (AvgIpc) is 2.10. The molecule has 0 aliphatic rings. The molecule has 0 saturated carbocycles. The van der Waals surface area contributed by atoms with Crippen LogP contribution in [0, 0.1) is 0 Å². The Morgan fingerprint density at radius 2 is 1.93 bits per heavy atom. The molecule has 0 spiro atoms. The summed E-state index contributed by atoms with van der Waals surface area (Å²) in [6.07, 6.45) is 2.16. The van der Waals surface area contributed by atoms with Gasteiger partial charge in [-0.25, -0.2) is 0 Å². The molecule has 4 heteroatoms. The lowest BCUT2D eigenvalue weighted by Gasteiger charge is -2.11. The zero-order valence-electron chi connectivity index (χ0n) is 7.97. The number of benzene rings is 1. The van der Waals surface area contributed by atoms with Gasteiger partial charge in [0.05, 0.1) is 0 Å². The number of hydrogen-bond acceptors (Lipinski definition) is 1. The van der Waals surface area contributed by atoms with Crippen molar-refractivity contribution in [2.45, 2.75) is 25.8 Å². The normalized spacial score (nSPS) is 12.0. The smallest absolute Gasteiger partial charge is 0.0320 e. The predicted octanol–water partition coefficient (Wildman–Crippen LogP) is 4.43. The summed E-state index contributed by atoms with van der Waals surface area (Å²) < 4.78 is 2.14. The molecule has 0 saturated heterocycles. The van der Waals surface area contributed by atoms with E-state index in [1.807, 2.05) is 6.07 Å². The summed E-state index contributed by atoms with van der Waals surface area (Å²) >= 11 is 6.89. The molecule has 0 fully saturated rings. The maximum atomic E-state index is 5.99. The molecular formula is C10H14Br2ClN. The fourth-order valence-corrected chi connectivity index (χ4v) is 1.86. The first-order chi connectivity index (χ1) is 6.15. The second kappa shape index (κ2) is 6.83. The van der Waals surface area contributed by atoms with Gasteiger partial charge in [0.2, 0.25) is 0 Å². The van der Waals surface area contributed by atoms with Gasteiger partial charge in [0, 0.05) is 15.0 Å². The summed E-state index contributed by atoms with van der Waals surface area (Å²) in [7, 11) is 0. The molecule has 1 rings (SSSR count). The molecule has 0 radical (unpaired) electrons. The summed E-state index contributed by atoms with van der Waals surface area (Å²) in [5.74, 6) is 0. The molecule has 0 amide bonds. The molecule has 1 aromatic carbocycles. The van der Waals surface area contributed by atoms with E-state index < -0.39 is 0 Å². The average molecular weight is 343 g/mol. The van der Waals surface area contributed by atoms with Crippen LogP contribution in [0.3, 0.4) is 0 Å². The highest BCUT2D eigenvalue weighted by atomic mass is 79.9. The van der Waals surface area contributed by atoms with Crippen LogP contribution in [-0.2, 0) is 0 Å². The van der Waals surface area contributed by atoms with Crippen LogP contribution < -0.4 is 5.73 Å². The van der Waals surface area contributed by atoms with Crippen molar-refractivity contribution in [1.82, 2.24) is 0 Å². The largest absolute Gasteiger partial charge is 0.324 e. The second-order valence-electron chi connectivity index (χ2n) is 3.07. The second-order valence-corrected chi connectivity index (χ2v) is 4.78. The Hall–Kier alpha value is 0.430. The van der Waals surface area contributed by atoms with Gasteiger partial charge in [0.1, 0.15) is 0 Å². The van der Waals surface area contributed by atoms with E-state index in [0.717, 1.165) is 21.8 Å². The summed E-state index contributed by atoms with van der Waals surface area (Å²) in [4.78, 5) is 0. The van der Waals surface area contributed by atoms with Gasteiger partial charge in [-0.15, -0.1) is 12.4 Å². The number of rotatable bonds is 3. The molecule has 14 heavy (non-hydrogen) atoms. The van der Waals surface area contributed by atoms with Crippen LogP contribution in [0.2, 0.25) is 0 Å². The predicted molar refractivity (Wildman–Crippen MR) is 70.9 cm³/mol. The number of nitrogens with two attached hydrogens (primary N) is 1. The molecule has 1 nitrogen and oxygen atoms in total. The number of hydrogen-bond donors (Lipinski definition) is 1. The van der Waals surface area contributed by atoms with Crippen molar-refractivity contribution in [2.75, 3.05) is 0 Å². The van der Waals surface area contributed by atoms with Gasteiger partial charge in [-0.2, -0.15) is 0 Å². The summed E-state index contributed by atoms with van der Waals surface area (Å²) in [6, 6.07) is 6.32. The third-order valence-electron chi connectivity index (χ3n) is 1.97. The Morgan fingerprint density at radius 3 is 2.43 bits per heavy atom. The van der Waals surface area contributed by atoms with Crippen LogP contribution in [0.5, 0.6) is 0 Å². The minimum absolute atomic E-state index is 0. The van der Waals surface area contributed by atoms with Crippen molar-refractivity contribution in [1.29, 1.82) is 0 Å². The molecule has 0 bridgehead atoms. The highest BCUT2D eigenvalue weighted by molar-refractivity contribution is 9.13. The molecule has 1 aromatic rings. The van der Waals surface area contributed by atoms with Gasteiger partial charge in [-0.3, -0.25) is 0 Å². The first kappa shape index (κ1) is 14.4. The van der Waals surface area contributed by atoms with Gasteiger partial charge in [0.15, 0.2) is 0 Å². The Kier molecular flexibility index (Phi) is 7.04. The van der Waals surface area contributed by atoms with Crippen LogP contribution in [0.1, 0.15) is 31.4 Å². The van der Waals surface area contributed by atoms with E-state index in [9.17, 15) is 0 Å². The van der Waals surface area contributed by atoms with Gasteiger partial charge < -0.3 is 5.73 Å². The lowest BCUT2D eigenvalue weighted by molar-refractivity contribution is 0.638. The Morgan fingerprint density at radius 1 is 1.29 bits per heavy atom. The van der Waals surface area contributed by atoms with Crippen LogP contribution >= 0.6 is 44.3 Å². The van der Waals surface area contributed by atoms with Crippen LogP contribution in [-0.4, -0.2) is 0 Å². The first-order valence-corrected chi connectivity index (χ1v) is 5.94. The third-order valence-corrected chi connectivity index (χ3v) is 3.85. The van der Waals surface area contributed by atoms with Gasteiger partial charge in [0.25, 0.3) is 0 Å². The number of halogens is 3. The fraction of sp³-hybridized carbons (Fsp3) is 0.400. The Balaban J connectivity index is 0.00000169.